The summed E-state index contributed by atoms with van der Waals surface area (Å²) in [7, 11) is 0. The van der Waals surface area contributed by atoms with Crippen molar-refractivity contribution in [3.8, 4) is 0 Å². The van der Waals surface area contributed by atoms with Crippen molar-refractivity contribution in [1.82, 2.24) is 15.1 Å². The molecule has 1 aliphatic carbocycles. The number of nitrogens with zero attached hydrogens (tertiary/aromatic N) is 2. The first-order valence-corrected chi connectivity index (χ1v) is 9.54. The van der Waals surface area contributed by atoms with Crippen LogP contribution in [-0.4, -0.2) is 39.2 Å². The summed E-state index contributed by atoms with van der Waals surface area (Å²) >= 11 is 4.70. The number of carbonyl (C=O) groups excluding carboxylic acids is 1. The lowest BCUT2D eigenvalue weighted by Gasteiger charge is -2.37. The number of piperidine rings is 1. The number of benzene rings is 1. The lowest BCUT2D eigenvalue weighted by molar-refractivity contribution is -0.126. The third kappa shape index (κ3) is 4.98. The van der Waals surface area contributed by atoms with E-state index >= 15 is 0 Å². The van der Waals surface area contributed by atoms with Gasteiger partial charge in [0.05, 0.1) is 12.2 Å². The summed E-state index contributed by atoms with van der Waals surface area (Å²) in [6, 6.07) is 6.14. The maximum Gasteiger partial charge on any atom is 0.157 e. The van der Waals surface area contributed by atoms with Gasteiger partial charge in [-0.25, -0.2) is 4.39 Å². The largest absolute Gasteiger partial charge is 0.297 e. The second-order valence-corrected chi connectivity index (χ2v) is 7.75. The first-order chi connectivity index (χ1) is 12.6. The van der Waals surface area contributed by atoms with Gasteiger partial charge in [0.1, 0.15) is 5.82 Å². The Hall–Kier alpha value is -1.34. The number of Topliss-reactive ketones (excluding diaryl/α,β-unsaturated/α-hetero) is 1. The number of hydrogen-bond acceptors (Lipinski definition) is 4. The molecule has 1 aromatic heterocycles. The van der Waals surface area contributed by atoms with E-state index in [0.29, 0.717) is 12.1 Å². The molecule has 8 heteroatoms. The highest BCUT2D eigenvalue weighted by Gasteiger charge is 2.40. The Bertz CT molecular complexity index is 827. The Morgan fingerprint density at radius 3 is 2.68 bits per heavy atom. The lowest BCUT2D eigenvalue weighted by Crippen LogP contribution is -2.42. The molecule has 2 atom stereocenters. The van der Waals surface area contributed by atoms with Crippen molar-refractivity contribution < 1.29 is 9.18 Å². The van der Waals surface area contributed by atoms with E-state index in [1.54, 1.807) is 24.4 Å². The fourth-order valence-electron chi connectivity index (χ4n) is 3.63. The molecule has 1 saturated heterocycles. The number of aromatic nitrogens is 2. The van der Waals surface area contributed by atoms with Crippen LogP contribution in [0.15, 0.2) is 42.2 Å². The van der Waals surface area contributed by atoms with Crippen LogP contribution in [0.4, 0.5) is 4.39 Å². The first-order valence-electron chi connectivity index (χ1n) is 9.03. The number of halogens is 3. The topological polar surface area (TPSA) is 49.0 Å². The fraction of sp³-hybridized carbons (Fsp3) is 0.400. The van der Waals surface area contributed by atoms with E-state index in [-0.39, 0.29) is 47.6 Å². The SMILES string of the molecule is Cl.Cl.O=C(C1CC1)C(c1ccccc1F)N1CCC(S)C(=Cc2cn[nH]c2)C1. The quantitative estimate of drug-likeness (QED) is 0.668. The molecule has 4 rings (SSSR count). The summed E-state index contributed by atoms with van der Waals surface area (Å²) < 4.78 is 14.5. The molecule has 2 fully saturated rings. The zero-order chi connectivity index (χ0) is 18.1. The third-order valence-electron chi connectivity index (χ3n) is 5.19. The number of ketones is 1. The summed E-state index contributed by atoms with van der Waals surface area (Å²) in [5.41, 5.74) is 2.60. The molecule has 152 valence electrons. The van der Waals surface area contributed by atoms with E-state index < -0.39 is 6.04 Å². The molecular formula is C20H24Cl2FN3OS. The normalized spacial score (nSPS) is 22.2. The molecule has 1 N–H and O–H groups in total. The van der Waals surface area contributed by atoms with Crippen molar-refractivity contribution in [2.75, 3.05) is 13.1 Å². The van der Waals surface area contributed by atoms with Gasteiger partial charge in [0.2, 0.25) is 0 Å². The van der Waals surface area contributed by atoms with Crippen molar-refractivity contribution in [1.29, 1.82) is 0 Å². The van der Waals surface area contributed by atoms with Crippen molar-refractivity contribution in [3.05, 3.63) is 59.2 Å². The van der Waals surface area contributed by atoms with E-state index in [4.69, 9.17) is 12.6 Å². The molecule has 0 bridgehead atoms. The van der Waals surface area contributed by atoms with Crippen molar-refractivity contribution in [2.45, 2.75) is 30.6 Å². The Morgan fingerprint density at radius 2 is 2.04 bits per heavy atom. The smallest absolute Gasteiger partial charge is 0.157 e. The summed E-state index contributed by atoms with van der Waals surface area (Å²) in [5, 5.41) is 6.92. The highest BCUT2D eigenvalue weighted by molar-refractivity contribution is 7.81. The van der Waals surface area contributed by atoms with Crippen LogP contribution in [0.25, 0.3) is 6.08 Å². The number of rotatable bonds is 5. The third-order valence-corrected chi connectivity index (χ3v) is 5.78. The average molecular weight is 444 g/mol. The minimum absolute atomic E-state index is 0. The van der Waals surface area contributed by atoms with Gasteiger partial charge >= 0.3 is 0 Å². The van der Waals surface area contributed by atoms with Crippen molar-refractivity contribution >= 4 is 49.3 Å². The van der Waals surface area contributed by atoms with Gasteiger partial charge in [-0.15, -0.1) is 24.8 Å². The predicted octanol–water partition coefficient (Wildman–Crippen LogP) is 4.50. The molecule has 2 aromatic rings. The second kappa shape index (κ2) is 9.92. The van der Waals surface area contributed by atoms with Crippen molar-refractivity contribution in [3.63, 3.8) is 0 Å². The number of hydrogen-bond donors (Lipinski definition) is 2. The van der Waals surface area contributed by atoms with Gasteiger partial charge in [-0.05, 0) is 30.9 Å². The van der Waals surface area contributed by atoms with Crippen LogP contribution in [-0.2, 0) is 4.79 Å². The average Bonchev–Trinajstić information content (AvgIpc) is 3.37. The zero-order valence-electron chi connectivity index (χ0n) is 15.3. The highest BCUT2D eigenvalue weighted by Crippen LogP contribution is 2.39. The summed E-state index contributed by atoms with van der Waals surface area (Å²) in [4.78, 5) is 15.1. The Morgan fingerprint density at radius 1 is 1.29 bits per heavy atom. The van der Waals surface area contributed by atoms with Gasteiger partial charge in [0.25, 0.3) is 0 Å². The van der Waals surface area contributed by atoms with Crippen LogP contribution in [0.2, 0.25) is 0 Å². The molecule has 1 aromatic carbocycles. The Balaban J connectivity index is 0.00000140. The van der Waals surface area contributed by atoms with Gasteiger partial charge in [0, 0.05) is 41.6 Å². The molecule has 1 aliphatic heterocycles. The van der Waals surface area contributed by atoms with E-state index in [1.165, 1.54) is 6.07 Å². The first kappa shape index (κ1) is 22.9. The summed E-state index contributed by atoms with van der Waals surface area (Å²) in [6.45, 7) is 1.34. The van der Waals surface area contributed by atoms with Gasteiger partial charge in [-0.3, -0.25) is 14.8 Å². The molecule has 4 nitrogen and oxygen atoms in total. The molecule has 0 spiro atoms. The number of nitrogens with one attached hydrogen (secondary N) is 1. The fourth-order valence-corrected chi connectivity index (χ4v) is 3.90. The van der Waals surface area contributed by atoms with Crippen molar-refractivity contribution in [2.24, 2.45) is 5.92 Å². The second-order valence-electron chi connectivity index (χ2n) is 7.13. The number of H-pyrrole nitrogens is 1. The summed E-state index contributed by atoms with van der Waals surface area (Å²) in [6.07, 6.45) is 8.32. The van der Waals surface area contributed by atoms with Crippen LogP contribution >= 0.6 is 37.4 Å². The minimum Gasteiger partial charge on any atom is -0.297 e. The molecule has 2 aliphatic rings. The van der Waals surface area contributed by atoms with Gasteiger partial charge in [-0.1, -0.05) is 24.3 Å². The molecular weight excluding hydrogens is 420 g/mol. The number of carbonyl (C=O) groups is 1. The number of aromatic amines is 1. The number of thiol groups is 1. The Labute approximate surface area is 182 Å². The van der Waals surface area contributed by atoms with E-state index in [0.717, 1.165) is 36.9 Å². The lowest BCUT2D eigenvalue weighted by atomic mass is 9.93. The standard InChI is InChI=1S/C20H22FN3OS.2ClH/c21-17-4-2-1-3-16(17)19(20(25)14-5-6-14)24-8-7-18(26)15(12-24)9-13-10-22-23-11-13;;/h1-4,9-11,14,18-19,26H,5-8,12H2,(H,22,23);2*1H. The molecule has 0 radical (unpaired) electrons. The number of likely N-dealkylation sites (tertiary alicyclic amines) is 1. The van der Waals surface area contributed by atoms with Crippen LogP contribution in [0.1, 0.15) is 36.4 Å². The van der Waals surface area contributed by atoms with E-state index in [9.17, 15) is 9.18 Å². The molecule has 0 amide bonds. The van der Waals surface area contributed by atoms with Crippen LogP contribution in [0.3, 0.4) is 0 Å². The summed E-state index contributed by atoms with van der Waals surface area (Å²) in [5.74, 6) is -0.0788. The van der Waals surface area contributed by atoms with Crippen LogP contribution < -0.4 is 0 Å². The van der Waals surface area contributed by atoms with Crippen LogP contribution in [0, 0.1) is 11.7 Å². The van der Waals surface area contributed by atoms with E-state index in [1.807, 2.05) is 6.20 Å². The van der Waals surface area contributed by atoms with Gasteiger partial charge in [0.15, 0.2) is 5.78 Å². The Kier molecular flexibility index (Phi) is 8.13. The zero-order valence-corrected chi connectivity index (χ0v) is 17.8. The van der Waals surface area contributed by atoms with E-state index in [2.05, 4.69) is 21.2 Å². The van der Waals surface area contributed by atoms with Gasteiger partial charge in [-0.2, -0.15) is 17.7 Å². The highest BCUT2D eigenvalue weighted by atomic mass is 35.5. The maximum atomic E-state index is 14.5. The van der Waals surface area contributed by atoms with Gasteiger partial charge < -0.3 is 0 Å². The molecule has 28 heavy (non-hydrogen) atoms. The molecule has 2 unspecified atom stereocenters. The van der Waals surface area contributed by atoms with Crippen LogP contribution in [0.5, 0.6) is 0 Å². The monoisotopic (exact) mass is 443 g/mol. The maximum absolute atomic E-state index is 14.5. The minimum atomic E-state index is -0.516. The predicted molar refractivity (Wildman–Crippen MR) is 117 cm³/mol. The molecule has 1 saturated carbocycles. The molecule has 2 heterocycles.